The lowest BCUT2D eigenvalue weighted by molar-refractivity contribution is 0.0698. The molecule has 0 saturated heterocycles. The molecule has 0 aliphatic heterocycles. The van der Waals surface area contributed by atoms with Crippen LogP contribution in [0.2, 0.25) is 0 Å². The third-order valence-electron chi connectivity index (χ3n) is 1.86. The molecule has 0 amide bonds. The number of H-pyrrole nitrogens is 1. The second-order valence-corrected chi connectivity index (χ2v) is 5.58. The van der Waals surface area contributed by atoms with Gasteiger partial charge in [-0.2, -0.15) is 5.10 Å². The number of anilines is 1. The maximum atomic E-state index is 11.9. The molecule has 2 rings (SSSR count). The predicted molar refractivity (Wildman–Crippen MR) is 60.7 cm³/mol. The first kappa shape index (κ1) is 11.6. The van der Waals surface area contributed by atoms with Crippen LogP contribution < -0.4 is 4.72 Å². The van der Waals surface area contributed by atoms with E-state index in [0.717, 1.165) is 11.3 Å². The zero-order valence-electron chi connectivity index (χ0n) is 8.25. The number of nitrogens with one attached hydrogen (secondary N) is 2. The van der Waals surface area contributed by atoms with Crippen LogP contribution in [-0.2, 0) is 10.0 Å². The van der Waals surface area contributed by atoms with Crippen molar-refractivity contribution in [3.8, 4) is 0 Å². The highest BCUT2D eigenvalue weighted by atomic mass is 32.2. The van der Waals surface area contributed by atoms with Gasteiger partial charge in [0.2, 0.25) is 0 Å². The average molecular weight is 273 g/mol. The van der Waals surface area contributed by atoms with E-state index in [4.69, 9.17) is 5.11 Å². The van der Waals surface area contributed by atoms with Crippen molar-refractivity contribution < 1.29 is 18.3 Å². The molecular formula is C8H7N3O4S2. The van der Waals surface area contributed by atoms with Crippen molar-refractivity contribution in [3.05, 3.63) is 28.7 Å². The summed E-state index contributed by atoms with van der Waals surface area (Å²) in [5.41, 5.74) is 0.243. The summed E-state index contributed by atoms with van der Waals surface area (Å²) in [4.78, 5) is 10.4. The van der Waals surface area contributed by atoms with Crippen LogP contribution in [0.3, 0.4) is 0 Å². The molecule has 0 radical (unpaired) electrons. The molecule has 17 heavy (non-hydrogen) atoms. The summed E-state index contributed by atoms with van der Waals surface area (Å²) < 4.78 is 26.0. The number of aromatic amines is 1. The van der Waals surface area contributed by atoms with Crippen molar-refractivity contribution in [1.82, 2.24) is 10.2 Å². The minimum absolute atomic E-state index is 0.221. The quantitative estimate of drug-likeness (QED) is 0.768. The molecule has 2 aromatic heterocycles. The first-order chi connectivity index (χ1) is 8.00. The lowest BCUT2D eigenvalue weighted by Crippen LogP contribution is -2.14. The number of thiophene rings is 1. The van der Waals surface area contributed by atoms with Gasteiger partial charge in [0.15, 0.2) is 0 Å². The van der Waals surface area contributed by atoms with Crippen molar-refractivity contribution in [1.29, 1.82) is 0 Å². The van der Waals surface area contributed by atoms with E-state index in [1.54, 1.807) is 0 Å². The number of carboxylic acids is 1. The predicted octanol–water partition coefficient (Wildman–Crippen LogP) is 0.970. The summed E-state index contributed by atoms with van der Waals surface area (Å²) in [6.45, 7) is 0. The van der Waals surface area contributed by atoms with Crippen LogP contribution in [0.1, 0.15) is 9.67 Å². The van der Waals surface area contributed by atoms with Crippen LogP contribution in [0.5, 0.6) is 0 Å². The summed E-state index contributed by atoms with van der Waals surface area (Å²) in [7, 11) is -3.90. The van der Waals surface area contributed by atoms with Crippen molar-refractivity contribution in [3.63, 3.8) is 0 Å². The van der Waals surface area contributed by atoms with Crippen molar-refractivity contribution in [2.45, 2.75) is 4.90 Å². The minimum Gasteiger partial charge on any atom is -0.477 e. The SMILES string of the molecule is O=C(O)c1sccc1S(=O)(=O)Nc1cn[nH]c1. The molecule has 9 heteroatoms. The molecule has 2 heterocycles. The molecule has 0 saturated carbocycles. The van der Waals surface area contributed by atoms with Crippen molar-refractivity contribution in [2.24, 2.45) is 0 Å². The number of aromatic carboxylic acids is 1. The molecule has 0 aromatic carbocycles. The number of hydrogen-bond donors (Lipinski definition) is 3. The van der Waals surface area contributed by atoms with Gasteiger partial charge in [0, 0.05) is 6.20 Å². The highest BCUT2D eigenvalue weighted by molar-refractivity contribution is 7.93. The van der Waals surface area contributed by atoms with Gasteiger partial charge >= 0.3 is 5.97 Å². The van der Waals surface area contributed by atoms with Crippen LogP contribution in [0.15, 0.2) is 28.7 Å². The molecule has 0 unspecified atom stereocenters. The van der Waals surface area contributed by atoms with E-state index in [1.165, 1.54) is 23.8 Å². The van der Waals surface area contributed by atoms with Gasteiger partial charge in [-0.05, 0) is 11.4 Å². The Morgan fingerprint density at radius 3 is 2.88 bits per heavy atom. The number of aromatic nitrogens is 2. The van der Waals surface area contributed by atoms with Gasteiger partial charge in [-0.1, -0.05) is 0 Å². The average Bonchev–Trinajstić information content (AvgIpc) is 2.84. The van der Waals surface area contributed by atoms with Crippen LogP contribution in [0.4, 0.5) is 5.69 Å². The standard InChI is InChI=1S/C8H7N3O4S2/c12-8(13)7-6(1-2-16-7)17(14,15)11-5-3-9-10-4-5/h1-4,11H,(H,9,10)(H,12,13). The van der Waals surface area contributed by atoms with Gasteiger partial charge in [-0.3, -0.25) is 9.82 Å². The first-order valence-electron chi connectivity index (χ1n) is 4.33. The van der Waals surface area contributed by atoms with Crippen LogP contribution in [0.25, 0.3) is 0 Å². The number of carbonyl (C=O) groups is 1. The van der Waals surface area contributed by atoms with Crippen LogP contribution >= 0.6 is 11.3 Å². The molecule has 7 nitrogen and oxygen atoms in total. The third-order valence-corrected chi connectivity index (χ3v) is 4.32. The van der Waals surface area contributed by atoms with E-state index in [2.05, 4.69) is 14.9 Å². The zero-order chi connectivity index (χ0) is 12.5. The highest BCUT2D eigenvalue weighted by Crippen LogP contribution is 2.23. The van der Waals surface area contributed by atoms with Gasteiger partial charge in [-0.25, -0.2) is 13.2 Å². The third kappa shape index (κ3) is 2.29. The summed E-state index contributed by atoms with van der Waals surface area (Å²) in [6, 6.07) is 1.25. The Kier molecular flexibility index (Phi) is 2.86. The largest absolute Gasteiger partial charge is 0.477 e. The molecule has 0 atom stereocenters. The molecule has 2 aromatic rings. The summed E-state index contributed by atoms with van der Waals surface area (Å²) in [5.74, 6) is -1.27. The lowest BCUT2D eigenvalue weighted by atomic mass is 10.5. The van der Waals surface area contributed by atoms with Gasteiger partial charge in [0.1, 0.15) is 9.77 Å². The zero-order valence-corrected chi connectivity index (χ0v) is 9.88. The van der Waals surface area contributed by atoms with E-state index >= 15 is 0 Å². The molecule has 90 valence electrons. The Hall–Kier alpha value is -1.87. The van der Waals surface area contributed by atoms with E-state index in [-0.39, 0.29) is 15.5 Å². The first-order valence-corrected chi connectivity index (χ1v) is 6.69. The highest BCUT2D eigenvalue weighted by Gasteiger charge is 2.23. The van der Waals surface area contributed by atoms with Gasteiger partial charge < -0.3 is 5.11 Å². The van der Waals surface area contributed by atoms with Gasteiger partial charge in [-0.15, -0.1) is 11.3 Å². The van der Waals surface area contributed by atoms with E-state index in [1.807, 2.05) is 0 Å². The normalized spacial score (nSPS) is 11.3. The molecule has 3 N–H and O–H groups in total. The number of rotatable bonds is 4. The fourth-order valence-corrected chi connectivity index (χ4v) is 3.48. The van der Waals surface area contributed by atoms with E-state index < -0.39 is 16.0 Å². The molecule has 0 spiro atoms. The smallest absolute Gasteiger partial charge is 0.347 e. The topological polar surface area (TPSA) is 112 Å². The number of carboxylic acid groups (broad SMARTS) is 1. The minimum atomic E-state index is -3.90. The Morgan fingerprint density at radius 2 is 2.29 bits per heavy atom. The molecule has 0 bridgehead atoms. The van der Waals surface area contributed by atoms with E-state index in [0.29, 0.717) is 0 Å². The number of nitrogens with zero attached hydrogens (tertiary/aromatic N) is 1. The van der Waals surface area contributed by atoms with Crippen LogP contribution in [0, 0.1) is 0 Å². The van der Waals surface area contributed by atoms with Crippen molar-refractivity contribution >= 4 is 33.0 Å². The summed E-state index contributed by atoms with van der Waals surface area (Å²) >= 11 is 0.855. The number of sulfonamides is 1. The maximum Gasteiger partial charge on any atom is 0.347 e. The number of hydrogen-bond acceptors (Lipinski definition) is 5. The lowest BCUT2D eigenvalue weighted by Gasteiger charge is -2.04. The van der Waals surface area contributed by atoms with Crippen LogP contribution in [-0.4, -0.2) is 29.7 Å². The molecule has 0 aliphatic carbocycles. The molecular weight excluding hydrogens is 266 g/mol. The Balaban J connectivity index is 2.38. The fourth-order valence-electron chi connectivity index (χ4n) is 1.18. The Bertz CT molecular complexity index is 630. The molecule has 0 fully saturated rings. The van der Waals surface area contributed by atoms with Crippen molar-refractivity contribution in [2.75, 3.05) is 4.72 Å². The summed E-state index contributed by atoms with van der Waals surface area (Å²) in [5, 5.41) is 16.3. The second kappa shape index (κ2) is 4.18. The summed E-state index contributed by atoms with van der Waals surface area (Å²) in [6.07, 6.45) is 2.63. The van der Waals surface area contributed by atoms with E-state index in [9.17, 15) is 13.2 Å². The Morgan fingerprint density at radius 1 is 1.53 bits per heavy atom. The second-order valence-electron chi connectivity index (χ2n) is 3.01. The maximum absolute atomic E-state index is 11.9. The fraction of sp³-hybridized carbons (Fsp3) is 0. The Labute approximate surface area is 100 Å². The van der Waals surface area contributed by atoms with Gasteiger partial charge in [0.05, 0.1) is 11.9 Å². The molecule has 0 aliphatic rings. The van der Waals surface area contributed by atoms with Gasteiger partial charge in [0.25, 0.3) is 10.0 Å². The monoisotopic (exact) mass is 273 g/mol.